The number of methoxy groups -OCH3 is 1. The van der Waals surface area contributed by atoms with E-state index in [4.69, 9.17) is 9.26 Å². The summed E-state index contributed by atoms with van der Waals surface area (Å²) in [5.74, 6) is -2.18. The van der Waals surface area contributed by atoms with E-state index in [0.717, 1.165) is 0 Å². The van der Waals surface area contributed by atoms with Crippen LogP contribution in [0.2, 0.25) is 0 Å². The summed E-state index contributed by atoms with van der Waals surface area (Å²) in [4.78, 5) is 28.6. The zero-order valence-corrected chi connectivity index (χ0v) is 15.2. The molecule has 8 nitrogen and oxygen atoms in total. The lowest BCUT2D eigenvalue weighted by molar-refractivity contribution is -0.139. The normalized spacial score (nSPS) is 12.1. The Morgan fingerprint density at radius 3 is 2.68 bits per heavy atom. The quantitative estimate of drug-likeness (QED) is 0.640. The number of carboxylic acid groups (broad SMARTS) is 1. The number of carbonyl (C=O) groups is 2. The van der Waals surface area contributed by atoms with E-state index in [1.165, 1.54) is 37.4 Å². The summed E-state index contributed by atoms with van der Waals surface area (Å²) < 4.78 is 23.3. The molecule has 0 bridgehead atoms. The number of carboxylic acids is 1. The maximum atomic E-state index is 13.2. The number of nitrogens with one attached hydrogen (secondary N) is 1. The topological polar surface area (TPSA) is 115 Å². The molecule has 0 saturated heterocycles. The predicted octanol–water partition coefficient (Wildman–Crippen LogP) is 2.56. The van der Waals surface area contributed by atoms with Gasteiger partial charge in [-0.3, -0.25) is 4.79 Å². The summed E-state index contributed by atoms with van der Waals surface area (Å²) in [7, 11) is 1.45. The fourth-order valence-corrected chi connectivity index (χ4v) is 2.77. The number of aryl methyl sites for hydroxylation is 1. The van der Waals surface area contributed by atoms with E-state index in [1.54, 1.807) is 6.92 Å². The SMILES string of the molecule is COCCC(NC(=O)c1cc(-c2ccc(F)cc2)nc2onc(C)c12)C(=O)O. The Morgan fingerprint density at radius 1 is 1.32 bits per heavy atom. The second kappa shape index (κ2) is 8.13. The van der Waals surface area contributed by atoms with Crippen molar-refractivity contribution in [1.82, 2.24) is 15.5 Å². The molecule has 2 aromatic heterocycles. The number of carbonyl (C=O) groups excluding carboxylic acids is 1. The van der Waals surface area contributed by atoms with Crippen LogP contribution < -0.4 is 5.32 Å². The number of rotatable bonds is 7. The van der Waals surface area contributed by atoms with E-state index in [0.29, 0.717) is 22.3 Å². The number of pyridine rings is 1. The standard InChI is InChI=1S/C19H18FN3O5/c1-10-16-13(17(24)21-14(19(25)26)7-8-27-2)9-15(22-18(16)28-23-10)11-3-5-12(20)6-4-11/h3-6,9,14H,7-8H2,1-2H3,(H,21,24)(H,25,26). The van der Waals surface area contributed by atoms with Gasteiger partial charge in [-0.05, 0) is 37.3 Å². The third-order valence-corrected chi connectivity index (χ3v) is 4.22. The molecular weight excluding hydrogens is 369 g/mol. The third kappa shape index (κ3) is 3.99. The first-order chi connectivity index (χ1) is 13.4. The van der Waals surface area contributed by atoms with Gasteiger partial charge in [-0.15, -0.1) is 0 Å². The van der Waals surface area contributed by atoms with Crippen molar-refractivity contribution in [3.8, 4) is 11.3 Å². The molecule has 1 amide bonds. The van der Waals surface area contributed by atoms with Crippen molar-refractivity contribution < 1.29 is 28.3 Å². The van der Waals surface area contributed by atoms with Gasteiger partial charge in [0.2, 0.25) is 0 Å². The Morgan fingerprint density at radius 2 is 2.04 bits per heavy atom. The van der Waals surface area contributed by atoms with Crippen molar-refractivity contribution >= 4 is 23.0 Å². The van der Waals surface area contributed by atoms with Crippen LogP contribution in [0.25, 0.3) is 22.4 Å². The molecule has 0 spiro atoms. The summed E-state index contributed by atoms with van der Waals surface area (Å²) in [5, 5.41) is 16.0. The molecule has 0 aliphatic rings. The largest absolute Gasteiger partial charge is 0.480 e. The van der Waals surface area contributed by atoms with Gasteiger partial charge in [-0.1, -0.05) is 5.16 Å². The van der Waals surface area contributed by atoms with E-state index in [1.807, 2.05) is 0 Å². The van der Waals surface area contributed by atoms with E-state index in [9.17, 15) is 19.1 Å². The summed E-state index contributed by atoms with van der Waals surface area (Å²) in [5.41, 5.74) is 1.69. The Hall–Kier alpha value is -3.33. The average molecular weight is 387 g/mol. The van der Waals surface area contributed by atoms with Gasteiger partial charge in [-0.2, -0.15) is 0 Å². The van der Waals surface area contributed by atoms with E-state index in [-0.39, 0.29) is 24.3 Å². The lowest BCUT2D eigenvalue weighted by Crippen LogP contribution is -2.41. The molecule has 1 atom stereocenters. The summed E-state index contributed by atoms with van der Waals surface area (Å²) in [6.45, 7) is 1.83. The van der Waals surface area contributed by atoms with Crippen LogP contribution in [-0.2, 0) is 9.53 Å². The van der Waals surface area contributed by atoms with Crippen LogP contribution in [-0.4, -0.2) is 46.9 Å². The van der Waals surface area contributed by atoms with Gasteiger partial charge < -0.3 is 19.7 Å². The van der Waals surface area contributed by atoms with Crippen molar-refractivity contribution in [2.24, 2.45) is 0 Å². The van der Waals surface area contributed by atoms with Gasteiger partial charge in [-0.25, -0.2) is 14.2 Å². The van der Waals surface area contributed by atoms with Crippen molar-refractivity contribution in [1.29, 1.82) is 0 Å². The van der Waals surface area contributed by atoms with Crippen LogP contribution >= 0.6 is 0 Å². The van der Waals surface area contributed by atoms with E-state index < -0.39 is 23.7 Å². The molecule has 3 rings (SSSR count). The van der Waals surface area contributed by atoms with Crippen molar-refractivity contribution in [3.05, 3.63) is 47.4 Å². The van der Waals surface area contributed by atoms with Gasteiger partial charge >= 0.3 is 5.97 Å². The molecule has 3 aromatic rings. The first kappa shape index (κ1) is 19.4. The van der Waals surface area contributed by atoms with Gasteiger partial charge in [0.15, 0.2) is 0 Å². The highest BCUT2D eigenvalue weighted by Crippen LogP contribution is 2.27. The summed E-state index contributed by atoms with van der Waals surface area (Å²) in [6, 6.07) is 5.98. The smallest absolute Gasteiger partial charge is 0.326 e. The van der Waals surface area contributed by atoms with Gasteiger partial charge in [0, 0.05) is 25.7 Å². The number of benzene rings is 1. The number of fused-ring (bicyclic) bond motifs is 1. The molecule has 0 saturated carbocycles. The maximum absolute atomic E-state index is 13.2. The molecule has 2 heterocycles. The van der Waals surface area contributed by atoms with E-state index >= 15 is 0 Å². The number of aromatic nitrogens is 2. The average Bonchev–Trinajstić information content (AvgIpc) is 3.05. The zero-order valence-electron chi connectivity index (χ0n) is 15.2. The maximum Gasteiger partial charge on any atom is 0.326 e. The predicted molar refractivity (Wildman–Crippen MR) is 97.3 cm³/mol. The fraction of sp³-hybridized carbons (Fsp3) is 0.263. The molecule has 1 unspecified atom stereocenters. The van der Waals surface area contributed by atoms with Crippen LogP contribution in [0.15, 0.2) is 34.9 Å². The highest BCUT2D eigenvalue weighted by atomic mass is 19.1. The fourth-order valence-electron chi connectivity index (χ4n) is 2.77. The molecule has 28 heavy (non-hydrogen) atoms. The molecule has 2 N–H and O–H groups in total. The zero-order chi connectivity index (χ0) is 20.3. The first-order valence-corrected chi connectivity index (χ1v) is 8.46. The third-order valence-electron chi connectivity index (χ3n) is 4.22. The Labute approximate surface area is 159 Å². The van der Waals surface area contributed by atoms with E-state index in [2.05, 4.69) is 15.5 Å². The Kier molecular flexibility index (Phi) is 5.65. The van der Waals surface area contributed by atoms with Crippen molar-refractivity contribution in [3.63, 3.8) is 0 Å². The molecule has 9 heteroatoms. The minimum absolute atomic E-state index is 0.110. The highest BCUT2D eigenvalue weighted by molar-refractivity contribution is 6.07. The molecule has 1 aromatic carbocycles. The lowest BCUT2D eigenvalue weighted by atomic mass is 10.0. The molecule has 0 aliphatic heterocycles. The van der Waals surface area contributed by atoms with Crippen molar-refractivity contribution in [2.75, 3.05) is 13.7 Å². The molecule has 0 fully saturated rings. The van der Waals surface area contributed by atoms with Crippen LogP contribution in [0.4, 0.5) is 4.39 Å². The number of amides is 1. The Bertz CT molecular complexity index is 1020. The van der Waals surface area contributed by atoms with Crippen LogP contribution in [0.5, 0.6) is 0 Å². The number of hydrogen-bond donors (Lipinski definition) is 2. The van der Waals surface area contributed by atoms with Crippen LogP contribution in [0.1, 0.15) is 22.5 Å². The minimum atomic E-state index is -1.17. The molecule has 0 aliphatic carbocycles. The number of ether oxygens (including phenoxy) is 1. The minimum Gasteiger partial charge on any atom is -0.480 e. The van der Waals surface area contributed by atoms with Crippen molar-refractivity contribution in [2.45, 2.75) is 19.4 Å². The second-order valence-electron chi connectivity index (χ2n) is 6.16. The van der Waals surface area contributed by atoms with Gasteiger partial charge in [0.25, 0.3) is 11.6 Å². The van der Waals surface area contributed by atoms with Crippen LogP contribution in [0, 0.1) is 12.7 Å². The Balaban J connectivity index is 2.03. The lowest BCUT2D eigenvalue weighted by Gasteiger charge is -2.15. The highest BCUT2D eigenvalue weighted by Gasteiger charge is 2.24. The summed E-state index contributed by atoms with van der Waals surface area (Å²) >= 11 is 0. The number of aliphatic carboxylic acids is 1. The summed E-state index contributed by atoms with van der Waals surface area (Å²) in [6.07, 6.45) is 0.110. The first-order valence-electron chi connectivity index (χ1n) is 8.46. The number of nitrogens with zero attached hydrogens (tertiary/aromatic N) is 2. The number of hydrogen-bond acceptors (Lipinski definition) is 6. The van der Waals surface area contributed by atoms with Gasteiger partial charge in [0.05, 0.1) is 22.3 Å². The second-order valence-corrected chi connectivity index (χ2v) is 6.16. The molecule has 146 valence electrons. The molecule has 0 radical (unpaired) electrons. The van der Waals surface area contributed by atoms with Crippen LogP contribution in [0.3, 0.4) is 0 Å². The molecular formula is C19H18FN3O5. The number of halogens is 1. The van der Waals surface area contributed by atoms with Gasteiger partial charge in [0.1, 0.15) is 11.9 Å². The monoisotopic (exact) mass is 387 g/mol.